The highest BCUT2D eigenvalue weighted by Crippen LogP contribution is 2.27. The van der Waals surface area contributed by atoms with Crippen molar-refractivity contribution in [3.05, 3.63) is 29.6 Å². The first-order valence-electron chi connectivity index (χ1n) is 5.85. The first-order chi connectivity index (χ1) is 8.91. The summed E-state index contributed by atoms with van der Waals surface area (Å²) in [6.45, 7) is 0.941. The molecule has 1 atom stereocenters. The zero-order valence-corrected chi connectivity index (χ0v) is 10.0. The number of amides is 1. The number of carbonyl (C=O) groups excluding carboxylic acids is 1. The van der Waals surface area contributed by atoms with Crippen molar-refractivity contribution in [2.75, 3.05) is 19.7 Å². The average Bonchev–Trinajstić information content (AvgIpc) is 2.86. The molecule has 4 nitrogen and oxygen atoms in total. The van der Waals surface area contributed by atoms with Crippen LogP contribution in [0.4, 0.5) is 13.2 Å². The van der Waals surface area contributed by atoms with Crippen molar-refractivity contribution in [1.82, 2.24) is 9.88 Å². The summed E-state index contributed by atoms with van der Waals surface area (Å²) in [6, 6.07) is 1.93. The van der Waals surface area contributed by atoms with E-state index in [-0.39, 0.29) is 24.0 Å². The Kier molecular flexibility index (Phi) is 3.75. The molecule has 7 heteroatoms. The normalized spacial score (nSPS) is 19.8. The van der Waals surface area contributed by atoms with E-state index in [2.05, 4.69) is 4.98 Å². The Labute approximate surface area is 107 Å². The lowest BCUT2D eigenvalue weighted by atomic mass is 10.1. The van der Waals surface area contributed by atoms with Gasteiger partial charge in [0.25, 0.3) is 5.91 Å². The number of carbonyl (C=O) groups is 1. The van der Waals surface area contributed by atoms with E-state index >= 15 is 0 Å². The number of hydrogen-bond donors (Lipinski definition) is 1. The molecule has 1 fully saturated rings. The lowest BCUT2D eigenvalue weighted by molar-refractivity contribution is -0.141. The molecule has 1 aromatic heterocycles. The molecule has 1 N–H and O–H groups in total. The summed E-state index contributed by atoms with van der Waals surface area (Å²) in [5.41, 5.74) is -0.884. The predicted octanol–water partition coefficient (Wildman–Crippen LogP) is 1.55. The number of aromatic nitrogens is 1. The van der Waals surface area contributed by atoms with E-state index in [4.69, 9.17) is 5.11 Å². The van der Waals surface area contributed by atoms with E-state index in [1.54, 1.807) is 0 Å². The highest BCUT2D eigenvalue weighted by atomic mass is 19.4. The third-order valence-electron chi connectivity index (χ3n) is 3.13. The van der Waals surface area contributed by atoms with Crippen molar-refractivity contribution in [1.29, 1.82) is 0 Å². The van der Waals surface area contributed by atoms with Crippen LogP contribution in [0.1, 0.15) is 22.5 Å². The maximum atomic E-state index is 12.3. The van der Waals surface area contributed by atoms with Crippen LogP contribution >= 0.6 is 0 Å². The van der Waals surface area contributed by atoms with Gasteiger partial charge in [0.05, 0.1) is 5.56 Å². The Hall–Kier alpha value is -1.63. The molecule has 2 rings (SSSR count). The van der Waals surface area contributed by atoms with E-state index in [0.29, 0.717) is 19.5 Å². The molecule has 2 heterocycles. The smallest absolute Gasteiger partial charge is 0.396 e. The molecule has 0 saturated carbocycles. The Morgan fingerprint density at radius 1 is 1.47 bits per heavy atom. The summed E-state index contributed by atoms with van der Waals surface area (Å²) in [7, 11) is 0. The second-order valence-electron chi connectivity index (χ2n) is 4.52. The van der Waals surface area contributed by atoms with Gasteiger partial charge < -0.3 is 10.0 Å². The van der Waals surface area contributed by atoms with Gasteiger partial charge in [0.1, 0.15) is 5.69 Å². The minimum absolute atomic E-state index is 0.00897. The third-order valence-corrected chi connectivity index (χ3v) is 3.13. The van der Waals surface area contributed by atoms with Gasteiger partial charge in [-0.2, -0.15) is 13.2 Å². The SMILES string of the molecule is O=C(c1ccc(C(F)(F)F)nc1)N1CCC(CO)C1. The van der Waals surface area contributed by atoms with Gasteiger partial charge in [-0.1, -0.05) is 0 Å². The molecule has 0 bridgehead atoms. The van der Waals surface area contributed by atoms with Gasteiger partial charge in [-0.15, -0.1) is 0 Å². The van der Waals surface area contributed by atoms with Gasteiger partial charge in [-0.05, 0) is 18.6 Å². The summed E-state index contributed by atoms with van der Waals surface area (Å²) < 4.78 is 37.0. The zero-order valence-electron chi connectivity index (χ0n) is 10.0. The summed E-state index contributed by atoms with van der Waals surface area (Å²) >= 11 is 0. The minimum Gasteiger partial charge on any atom is -0.396 e. The summed E-state index contributed by atoms with van der Waals surface area (Å²) in [5.74, 6) is -0.302. The fraction of sp³-hybridized carbons (Fsp3) is 0.500. The van der Waals surface area contributed by atoms with Crippen LogP contribution in [0.25, 0.3) is 0 Å². The number of nitrogens with zero attached hydrogens (tertiary/aromatic N) is 2. The molecular formula is C12H13F3N2O2. The standard InChI is InChI=1S/C12H13F3N2O2/c13-12(14,15)10-2-1-9(5-16-10)11(19)17-4-3-8(6-17)7-18/h1-2,5,8,18H,3-4,6-7H2. The van der Waals surface area contributed by atoms with Crippen molar-refractivity contribution in [2.24, 2.45) is 5.92 Å². The number of aliphatic hydroxyl groups is 1. The molecule has 1 unspecified atom stereocenters. The molecular weight excluding hydrogens is 261 g/mol. The van der Waals surface area contributed by atoms with E-state index in [0.717, 1.165) is 18.3 Å². The summed E-state index contributed by atoms with van der Waals surface area (Å²) in [6.07, 6.45) is -2.86. The molecule has 1 aromatic rings. The van der Waals surface area contributed by atoms with Crippen LogP contribution in [-0.4, -0.2) is 40.6 Å². The van der Waals surface area contributed by atoms with Crippen molar-refractivity contribution in [3.63, 3.8) is 0 Å². The molecule has 0 aliphatic carbocycles. The zero-order chi connectivity index (χ0) is 14.0. The van der Waals surface area contributed by atoms with E-state index in [9.17, 15) is 18.0 Å². The van der Waals surface area contributed by atoms with Crippen LogP contribution in [-0.2, 0) is 6.18 Å². The van der Waals surface area contributed by atoms with Gasteiger partial charge >= 0.3 is 6.18 Å². The number of alkyl halides is 3. The van der Waals surface area contributed by atoms with Gasteiger partial charge in [0, 0.05) is 31.8 Å². The van der Waals surface area contributed by atoms with Crippen molar-refractivity contribution in [2.45, 2.75) is 12.6 Å². The average molecular weight is 274 g/mol. The molecule has 0 spiro atoms. The maximum absolute atomic E-state index is 12.3. The molecule has 1 saturated heterocycles. The number of aliphatic hydroxyl groups excluding tert-OH is 1. The molecule has 19 heavy (non-hydrogen) atoms. The minimum atomic E-state index is -4.50. The first-order valence-corrected chi connectivity index (χ1v) is 5.85. The molecule has 1 aliphatic rings. The molecule has 0 radical (unpaired) electrons. The third kappa shape index (κ3) is 3.04. The predicted molar refractivity (Wildman–Crippen MR) is 60.3 cm³/mol. The number of halogens is 3. The quantitative estimate of drug-likeness (QED) is 0.890. The number of likely N-dealkylation sites (tertiary alicyclic amines) is 1. The second kappa shape index (κ2) is 5.16. The number of pyridine rings is 1. The van der Waals surface area contributed by atoms with Gasteiger partial charge in [-0.3, -0.25) is 9.78 Å². The van der Waals surface area contributed by atoms with Gasteiger partial charge in [0.2, 0.25) is 0 Å². The summed E-state index contributed by atoms with van der Waals surface area (Å²) in [4.78, 5) is 16.8. The summed E-state index contributed by atoms with van der Waals surface area (Å²) in [5, 5.41) is 8.99. The Morgan fingerprint density at radius 2 is 2.21 bits per heavy atom. The van der Waals surface area contributed by atoms with Crippen LogP contribution in [0.15, 0.2) is 18.3 Å². The van der Waals surface area contributed by atoms with Crippen LogP contribution in [0.5, 0.6) is 0 Å². The largest absolute Gasteiger partial charge is 0.433 e. The second-order valence-corrected chi connectivity index (χ2v) is 4.52. The first kappa shape index (κ1) is 13.8. The van der Waals surface area contributed by atoms with Gasteiger partial charge in [-0.25, -0.2) is 0 Å². The van der Waals surface area contributed by atoms with Crippen LogP contribution in [0.3, 0.4) is 0 Å². The Bertz CT molecular complexity index is 459. The lowest BCUT2D eigenvalue weighted by Gasteiger charge is -2.16. The monoisotopic (exact) mass is 274 g/mol. The topological polar surface area (TPSA) is 53.4 Å². The number of rotatable bonds is 2. The molecule has 104 valence electrons. The fourth-order valence-corrected chi connectivity index (χ4v) is 2.04. The van der Waals surface area contributed by atoms with Crippen LogP contribution in [0.2, 0.25) is 0 Å². The highest BCUT2D eigenvalue weighted by Gasteiger charge is 2.33. The van der Waals surface area contributed by atoms with E-state index in [1.165, 1.54) is 4.90 Å². The van der Waals surface area contributed by atoms with Crippen molar-refractivity contribution < 1.29 is 23.1 Å². The highest BCUT2D eigenvalue weighted by molar-refractivity contribution is 5.94. The Morgan fingerprint density at radius 3 is 2.68 bits per heavy atom. The van der Waals surface area contributed by atoms with Crippen molar-refractivity contribution in [3.8, 4) is 0 Å². The Balaban J connectivity index is 2.08. The van der Waals surface area contributed by atoms with Crippen LogP contribution in [0, 0.1) is 5.92 Å². The lowest BCUT2D eigenvalue weighted by Crippen LogP contribution is -2.29. The number of hydrogen-bond acceptors (Lipinski definition) is 3. The fourth-order valence-electron chi connectivity index (χ4n) is 2.04. The molecule has 1 aliphatic heterocycles. The van der Waals surface area contributed by atoms with Crippen molar-refractivity contribution >= 4 is 5.91 Å². The van der Waals surface area contributed by atoms with E-state index < -0.39 is 11.9 Å². The molecule has 1 amide bonds. The molecule has 0 aromatic carbocycles. The van der Waals surface area contributed by atoms with E-state index in [1.807, 2.05) is 0 Å². The van der Waals surface area contributed by atoms with Crippen LogP contribution < -0.4 is 0 Å². The maximum Gasteiger partial charge on any atom is 0.433 e. The van der Waals surface area contributed by atoms with Gasteiger partial charge in [0.15, 0.2) is 0 Å².